The summed E-state index contributed by atoms with van der Waals surface area (Å²) in [6, 6.07) is 7.81. The Morgan fingerprint density at radius 1 is 1.43 bits per heavy atom. The molecule has 0 radical (unpaired) electrons. The topological polar surface area (TPSA) is 47.4 Å². The number of nitrogens with zero attached hydrogens (tertiary/aromatic N) is 3. The summed E-state index contributed by atoms with van der Waals surface area (Å²) in [6.45, 7) is 3.19. The summed E-state index contributed by atoms with van der Waals surface area (Å²) in [5.74, 6) is -0.0205. The van der Waals surface area contributed by atoms with Crippen LogP contribution >= 0.6 is 15.9 Å². The molecule has 2 aromatic rings. The molecule has 1 amide bonds. The Morgan fingerprint density at radius 3 is 2.95 bits per heavy atom. The zero-order chi connectivity index (χ0) is 15.0. The van der Waals surface area contributed by atoms with Gasteiger partial charge in [0.25, 0.3) is 5.91 Å². The Morgan fingerprint density at radius 2 is 2.19 bits per heavy atom. The standard InChI is InChI=1S/C15H18BrN3O2/c1-10-8-19(9-11(7-16)21-10)15(20)14-12-5-3-4-6-13(12)18(2)17-14/h3-6,10-11H,7-9H2,1-2H3. The van der Waals surface area contributed by atoms with Crippen molar-refractivity contribution in [1.29, 1.82) is 0 Å². The number of morpholine rings is 1. The van der Waals surface area contributed by atoms with E-state index in [9.17, 15) is 4.79 Å². The molecule has 112 valence electrons. The van der Waals surface area contributed by atoms with Gasteiger partial charge < -0.3 is 9.64 Å². The number of aromatic nitrogens is 2. The quantitative estimate of drug-likeness (QED) is 0.779. The van der Waals surface area contributed by atoms with E-state index in [1.54, 1.807) is 4.68 Å². The largest absolute Gasteiger partial charge is 0.371 e. The van der Waals surface area contributed by atoms with Crippen LogP contribution in [0, 0.1) is 0 Å². The molecule has 2 atom stereocenters. The number of aryl methyl sites for hydroxylation is 1. The molecule has 6 heteroatoms. The number of fused-ring (bicyclic) bond motifs is 1. The van der Waals surface area contributed by atoms with E-state index in [0.717, 1.165) is 16.2 Å². The van der Waals surface area contributed by atoms with E-state index in [1.165, 1.54) is 0 Å². The van der Waals surface area contributed by atoms with Gasteiger partial charge in [0.2, 0.25) is 0 Å². The number of carbonyl (C=O) groups excluding carboxylic acids is 1. The van der Waals surface area contributed by atoms with E-state index < -0.39 is 0 Å². The van der Waals surface area contributed by atoms with Crippen molar-refractivity contribution in [1.82, 2.24) is 14.7 Å². The summed E-state index contributed by atoms with van der Waals surface area (Å²) in [5.41, 5.74) is 1.50. The minimum Gasteiger partial charge on any atom is -0.371 e. The van der Waals surface area contributed by atoms with Crippen molar-refractivity contribution in [3.05, 3.63) is 30.0 Å². The molecule has 1 aromatic carbocycles. The Kier molecular flexibility index (Phi) is 3.99. The van der Waals surface area contributed by atoms with Crippen molar-refractivity contribution in [3.8, 4) is 0 Å². The molecule has 1 saturated heterocycles. The second kappa shape index (κ2) is 5.77. The van der Waals surface area contributed by atoms with Crippen LogP contribution in [-0.2, 0) is 11.8 Å². The molecule has 21 heavy (non-hydrogen) atoms. The van der Waals surface area contributed by atoms with Gasteiger partial charge in [-0.05, 0) is 13.0 Å². The molecule has 2 heterocycles. The van der Waals surface area contributed by atoms with E-state index >= 15 is 0 Å². The maximum absolute atomic E-state index is 12.8. The molecule has 1 aliphatic heterocycles. The Balaban J connectivity index is 1.93. The molecule has 0 spiro atoms. The van der Waals surface area contributed by atoms with Gasteiger partial charge in [-0.15, -0.1) is 0 Å². The predicted molar refractivity (Wildman–Crippen MR) is 84.7 cm³/mol. The lowest BCUT2D eigenvalue weighted by Crippen LogP contribution is -2.49. The number of alkyl halides is 1. The van der Waals surface area contributed by atoms with Crippen molar-refractivity contribution in [2.24, 2.45) is 7.05 Å². The first-order valence-corrected chi connectivity index (χ1v) is 8.14. The van der Waals surface area contributed by atoms with Gasteiger partial charge in [-0.2, -0.15) is 5.10 Å². The number of rotatable bonds is 2. The molecule has 1 aromatic heterocycles. The lowest BCUT2D eigenvalue weighted by atomic mass is 10.1. The third-order valence-corrected chi connectivity index (χ3v) is 4.47. The highest BCUT2D eigenvalue weighted by molar-refractivity contribution is 9.09. The number of benzene rings is 1. The molecule has 0 N–H and O–H groups in total. The number of hydrogen-bond acceptors (Lipinski definition) is 3. The summed E-state index contributed by atoms with van der Waals surface area (Å²) < 4.78 is 7.54. The van der Waals surface area contributed by atoms with Gasteiger partial charge in [0.15, 0.2) is 5.69 Å². The average molecular weight is 352 g/mol. The molecular weight excluding hydrogens is 334 g/mol. The van der Waals surface area contributed by atoms with Crippen LogP contribution in [0.5, 0.6) is 0 Å². The van der Waals surface area contributed by atoms with Crippen molar-refractivity contribution < 1.29 is 9.53 Å². The fourth-order valence-electron chi connectivity index (χ4n) is 2.82. The smallest absolute Gasteiger partial charge is 0.275 e. The molecule has 5 nitrogen and oxygen atoms in total. The predicted octanol–water partition coefficient (Wildman–Crippen LogP) is 2.20. The van der Waals surface area contributed by atoms with E-state index in [0.29, 0.717) is 18.8 Å². The monoisotopic (exact) mass is 351 g/mol. The zero-order valence-corrected chi connectivity index (χ0v) is 13.7. The molecule has 1 fully saturated rings. The number of halogens is 1. The van der Waals surface area contributed by atoms with Crippen molar-refractivity contribution in [3.63, 3.8) is 0 Å². The van der Waals surface area contributed by atoms with Gasteiger partial charge in [-0.1, -0.05) is 34.1 Å². The average Bonchev–Trinajstić information content (AvgIpc) is 2.83. The molecular formula is C15H18BrN3O2. The van der Waals surface area contributed by atoms with Gasteiger partial charge >= 0.3 is 0 Å². The summed E-state index contributed by atoms with van der Waals surface area (Å²) in [7, 11) is 1.86. The van der Waals surface area contributed by atoms with E-state index in [4.69, 9.17) is 4.74 Å². The first-order chi connectivity index (χ1) is 10.1. The van der Waals surface area contributed by atoms with Crippen LogP contribution in [0.15, 0.2) is 24.3 Å². The first kappa shape index (κ1) is 14.5. The number of para-hydroxylation sites is 1. The van der Waals surface area contributed by atoms with Gasteiger partial charge in [0.05, 0.1) is 17.7 Å². The second-order valence-electron chi connectivity index (χ2n) is 5.42. The third kappa shape index (κ3) is 2.70. The molecule has 0 bridgehead atoms. The highest BCUT2D eigenvalue weighted by atomic mass is 79.9. The van der Waals surface area contributed by atoms with Crippen LogP contribution in [0.4, 0.5) is 0 Å². The lowest BCUT2D eigenvalue weighted by Gasteiger charge is -2.35. The van der Waals surface area contributed by atoms with Crippen LogP contribution in [0.3, 0.4) is 0 Å². The maximum atomic E-state index is 12.8. The fourth-order valence-corrected chi connectivity index (χ4v) is 3.18. The molecule has 2 unspecified atom stereocenters. The van der Waals surface area contributed by atoms with Crippen molar-refractivity contribution in [2.75, 3.05) is 18.4 Å². The fraction of sp³-hybridized carbons (Fsp3) is 0.467. The number of carbonyl (C=O) groups is 1. The van der Waals surface area contributed by atoms with Crippen LogP contribution in [0.1, 0.15) is 17.4 Å². The first-order valence-electron chi connectivity index (χ1n) is 7.02. The normalized spacial score (nSPS) is 22.7. The summed E-state index contributed by atoms with van der Waals surface area (Å²) in [6.07, 6.45) is 0.0768. The van der Waals surface area contributed by atoms with Crippen molar-refractivity contribution >= 4 is 32.7 Å². The Labute approximate surface area is 132 Å². The summed E-state index contributed by atoms with van der Waals surface area (Å²) in [4.78, 5) is 14.7. The Bertz CT molecular complexity index is 670. The maximum Gasteiger partial charge on any atom is 0.275 e. The van der Waals surface area contributed by atoms with E-state index in [-0.39, 0.29) is 18.1 Å². The number of amides is 1. The lowest BCUT2D eigenvalue weighted by molar-refractivity contribution is -0.0560. The van der Waals surface area contributed by atoms with Crippen LogP contribution in [0.25, 0.3) is 10.9 Å². The highest BCUT2D eigenvalue weighted by Crippen LogP contribution is 2.21. The number of hydrogen-bond donors (Lipinski definition) is 0. The van der Waals surface area contributed by atoms with Gasteiger partial charge in [0, 0.05) is 30.9 Å². The van der Waals surface area contributed by atoms with E-state index in [2.05, 4.69) is 21.0 Å². The SMILES string of the molecule is CC1CN(C(=O)c2nn(C)c3ccccc23)CC(CBr)O1. The van der Waals surface area contributed by atoms with Gasteiger partial charge in [-0.3, -0.25) is 9.48 Å². The van der Waals surface area contributed by atoms with Crippen molar-refractivity contribution in [2.45, 2.75) is 19.1 Å². The van der Waals surface area contributed by atoms with E-state index in [1.807, 2.05) is 43.1 Å². The molecule has 0 aliphatic carbocycles. The minimum atomic E-state index is -0.0205. The van der Waals surface area contributed by atoms with Gasteiger partial charge in [-0.25, -0.2) is 0 Å². The molecule has 3 rings (SSSR count). The minimum absolute atomic E-state index is 0.0205. The highest BCUT2D eigenvalue weighted by Gasteiger charge is 2.30. The van der Waals surface area contributed by atoms with Crippen LogP contribution in [0.2, 0.25) is 0 Å². The summed E-state index contributed by atoms with van der Waals surface area (Å²) >= 11 is 3.43. The number of ether oxygens (including phenoxy) is 1. The molecule has 1 aliphatic rings. The zero-order valence-electron chi connectivity index (χ0n) is 12.1. The molecule has 0 saturated carbocycles. The second-order valence-corrected chi connectivity index (χ2v) is 6.07. The van der Waals surface area contributed by atoms with Gasteiger partial charge in [0.1, 0.15) is 0 Å². The van der Waals surface area contributed by atoms with Crippen LogP contribution in [-0.4, -0.2) is 51.2 Å². The third-order valence-electron chi connectivity index (χ3n) is 3.75. The Hall–Kier alpha value is -1.40. The van der Waals surface area contributed by atoms with Crippen LogP contribution < -0.4 is 0 Å². The summed E-state index contributed by atoms with van der Waals surface area (Å²) in [5, 5.41) is 6.04.